The fraction of sp³-hybridized carbons (Fsp3) is 0.333. The van der Waals surface area contributed by atoms with Crippen LogP contribution in [0.3, 0.4) is 0 Å². The van der Waals surface area contributed by atoms with E-state index in [2.05, 4.69) is 11.6 Å². The van der Waals surface area contributed by atoms with Crippen LogP contribution in [0.5, 0.6) is 5.75 Å². The number of para-hydroxylation sites is 1. The highest BCUT2D eigenvalue weighted by molar-refractivity contribution is 7.16. The maximum absolute atomic E-state index is 14.4. The standard InChI is InChI=1S/C36H39N5O6S/c1-2-17-39-21-34(45)40-30(18-26-11-14-29(15-12-26)47-23-28(43)22-42)36(46)38(19-27-9-6-10-31-35(27)37-24-48-31)20-32(40)41(39)33(44)16-13-25-7-4-3-5-8-25/h2-12,14-15,24,28,30,32,42-43H,1,13,16-23H2/t28?,30-,32-/m0/s1. The Balaban J connectivity index is 1.32. The number of rotatable bonds is 13. The summed E-state index contributed by atoms with van der Waals surface area (Å²) < 4.78 is 6.58. The lowest BCUT2D eigenvalue weighted by Gasteiger charge is -2.55. The molecular formula is C36H39N5O6S. The number of carbonyl (C=O) groups is 3. The third-order valence-electron chi connectivity index (χ3n) is 8.71. The van der Waals surface area contributed by atoms with Crippen LogP contribution in [0, 0.1) is 0 Å². The number of aliphatic hydroxyl groups excluding tert-OH is 2. The number of thiazole rings is 1. The summed E-state index contributed by atoms with van der Waals surface area (Å²) in [4.78, 5) is 50.3. The first kappa shape index (κ1) is 33.3. The lowest BCUT2D eigenvalue weighted by molar-refractivity contribution is -0.205. The molecule has 6 rings (SSSR count). The van der Waals surface area contributed by atoms with Crippen LogP contribution in [0.2, 0.25) is 0 Å². The van der Waals surface area contributed by atoms with Gasteiger partial charge in [0.1, 0.15) is 30.7 Å². The Morgan fingerprint density at radius 3 is 2.60 bits per heavy atom. The number of aryl methyl sites for hydroxylation is 1. The molecule has 0 radical (unpaired) electrons. The number of amides is 3. The molecule has 3 aromatic carbocycles. The minimum absolute atomic E-state index is 0.0541. The van der Waals surface area contributed by atoms with Crippen LogP contribution in [0.1, 0.15) is 23.1 Å². The van der Waals surface area contributed by atoms with Gasteiger partial charge in [-0.3, -0.25) is 14.4 Å². The van der Waals surface area contributed by atoms with E-state index in [9.17, 15) is 19.5 Å². The molecule has 11 nitrogen and oxygen atoms in total. The zero-order valence-corrected chi connectivity index (χ0v) is 27.4. The summed E-state index contributed by atoms with van der Waals surface area (Å²) in [6.45, 7) is 4.08. The molecule has 2 aliphatic heterocycles. The van der Waals surface area contributed by atoms with Crippen molar-refractivity contribution < 1.29 is 29.3 Å². The van der Waals surface area contributed by atoms with Gasteiger partial charge in [-0.05, 0) is 41.3 Å². The van der Waals surface area contributed by atoms with Crippen molar-refractivity contribution in [3.05, 3.63) is 108 Å². The highest BCUT2D eigenvalue weighted by Gasteiger charge is 2.51. The fourth-order valence-electron chi connectivity index (χ4n) is 6.38. The topological polar surface area (TPSA) is 127 Å². The first-order chi connectivity index (χ1) is 23.4. The van der Waals surface area contributed by atoms with Gasteiger partial charge in [0.15, 0.2) is 0 Å². The quantitative estimate of drug-likeness (QED) is 0.208. The van der Waals surface area contributed by atoms with Gasteiger partial charge in [-0.1, -0.05) is 60.7 Å². The van der Waals surface area contributed by atoms with E-state index in [0.29, 0.717) is 18.7 Å². The normalized spacial score (nSPS) is 19.0. The van der Waals surface area contributed by atoms with Gasteiger partial charge in [0.2, 0.25) is 17.7 Å². The molecule has 1 unspecified atom stereocenters. The zero-order valence-electron chi connectivity index (χ0n) is 26.6. The molecule has 4 aromatic rings. The number of hydrogen-bond donors (Lipinski definition) is 2. The van der Waals surface area contributed by atoms with Gasteiger partial charge in [-0.25, -0.2) is 15.0 Å². The molecule has 48 heavy (non-hydrogen) atoms. The number of ether oxygens (including phenoxy) is 1. The summed E-state index contributed by atoms with van der Waals surface area (Å²) in [6.07, 6.45) is 0.974. The highest BCUT2D eigenvalue weighted by atomic mass is 32.1. The van der Waals surface area contributed by atoms with E-state index in [4.69, 9.17) is 9.84 Å². The van der Waals surface area contributed by atoms with Crippen molar-refractivity contribution in [3.63, 3.8) is 0 Å². The smallest absolute Gasteiger partial charge is 0.246 e. The van der Waals surface area contributed by atoms with E-state index in [1.807, 2.05) is 60.7 Å². The first-order valence-corrected chi connectivity index (χ1v) is 16.9. The van der Waals surface area contributed by atoms with Gasteiger partial charge in [-0.2, -0.15) is 0 Å². The maximum Gasteiger partial charge on any atom is 0.246 e. The van der Waals surface area contributed by atoms with Crippen molar-refractivity contribution in [1.82, 2.24) is 24.8 Å². The number of hydrogen-bond acceptors (Lipinski definition) is 9. The predicted octanol–water partition coefficient (Wildman–Crippen LogP) is 3.01. The summed E-state index contributed by atoms with van der Waals surface area (Å²) in [5, 5.41) is 22.1. The number of benzene rings is 3. The van der Waals surface area contributed by atoms with E-state index in [1.54, 1.807) is 43.5 Å². The molecule has 1 aromatic heterocycles. The van der Waals surface area contributed by atoms with Crippen molar-refractivity contribution in [2.75, 3.05) is 32.8 Å². The van der Waals surface area contributed by atoms with Gasteiger partial charge in [0, 0.05) is 25.9 Å². The second-order valence-corrected chi connectivity index (χ2v) is 12.9. The molecule has 2 saturated heterocycles. The third kappa shape index (κ3) is 7.26. The van der Waals surface area contributed by atoms with Crippen LogP contribution in [0.25, 0.3) is 10.2 Å². The number of piperazine rings is 1. The van der Waals surface area contributed by atoms with E-state index in [1.165, 1.54) is 11.3 Å². The monoisotopic (exact) mass is 669 g/mol. The first-order valence-electron chi connectivity index (χ1n) is 16.0. The molecule has 0 aliphatic carbocycles. The number of carbonyl (C=O) groups excluding carboxylic acids is 3. The van der Waals surface area contributed by atoms with Crippen LogP contribution < -0.4 is 4.74 Å². The number of hydrazine groups is 1. The highest BCUT2D eigenvalue weighted by Crippen LogP contribution is 2.31. The summed E-state index contributed by atoms with van der Waals surface area (Å²) in [5.74, 6) is -0.0654. The van der Waals surface area contributed by atoms with Crippen LogP contribution in [-0.4, -0.2) is 104 Å². The van der Waals surface area contributed by atoms with Crippen molar-refractivity contribution in [2.24, 2.45) is 0 Å². The van der Waals surface area contributed by atoms with Crippen LogP contribution in [-0.2, 0) is 33.8 Å². The molecule has 250 valence electrons. The number of aromatic nitrogens is 1. The molecule has 2 N–H and O–H groups in total. The second kappa shape index (κ2) is 15.1. The Morgan fingerprint density at radius 1 is 1.06 bits per heavy atom. The summed E-state index contributed by atoms with van der Waals surface area (Å²) in [6, 6.07) is 22.0. The lowest BCUT2D eigenvalue weighted by atomic mass is 9.98. The Morgan fingerprint density at radius 2 is 1.85 bits per heavy atom. The van der Waals surface area contributed by atoms with Crippen molar-refractivity contribution in [2.45, 2.75) is 44.1 Å². The molecule has 3 amide bonds. The van der Waals surface area contributed by atoms with E-state index in [-0.39, 0.29) is 56.8 Å². The zero-order chi connectivity index (χ0) is 33.6. The van der Waals surface area contributed by atoms with Crippen molar-refractivity contribution >= 4 is 39.3 Å². The summed E-state index contributed by atoms with van der Waals surface area (Å²) in [7, 11) is 0. The Kier molecular flexibility index (Phi) is 10.5. The Bertz CT molecular complexity index is 1750. The van der Waals surface area contributed by atoms with Crippen molar-refractivity contribution in [3.8, 4) is 5.75 Å². The Labute approximate surface area is 283 Å². The van der Waals surface area contributed by atoms with Crippen LogP contribution >= 0.6 is 11.3 Å². The van der Waals surface area contributed by atoms with Gasteiger partial charge in [-0.15, -0.1) is 17.9 Å². The van der Waals surface area contributed by atoms with Gasteiger partial charge in [0.25, 0.3) is 0 Å². The van der Waals surface area contributed by atoms with Gasteiger partial charge < -0.3 is 24.7 Å². The number of aliphatic hydroxyl groups is 2. The molecule has 0 spiro atoms. The third-order valence-corrected chi connectivity index (χ3v) is 9.50. The summed E-state index contributed by atoms with van der Waals surface area (Å²) in [5.41, 5.74) is 5.36. The number of nitrogens with zero attached hydrogens (tertiary/aromatic N) is 5. The largest absolute Gasteiger partial charge is 0.491 e. The summed E-state index contributed by atoms with van der Waals surface area (Å²) >= 11 is 1.53. The minimum Gasteiger partial charge on any atom is -0.491 e. The minimum atomic E-state index is -0.994. The molecule has 0 bridgehead atoms. The molecule has 0 saturated carbocycles. The molecule has 2 fully saturated rings. The second-order valence-electron chi connectivity index (χ2n) is 12.0. The fourth-order valence-corrected chi connectivity index (χ4v) is 7.11. The average Bonchev–Trinajstić information content (AvgIpc) is 3.59. The SMILES string of the molecule is C=CCN1CC(=O)N2[C@@H](Cc3ccc(OCC(O)CO)cc3)C(=O)N(Cc3cccc4scnc34)C[C@@H]2N1C(=O)CCc1ccccc1. The van der Waals surface area contributed by atoms with E-state index in [0.717, 1.165) is 26.9 Å². The Hall–Kier alpha value is -4.62. The predicted molar refractivity (Wildman–Crippen MR) is 182 cm³/mol. The molecular weight excluding hydrogens is 630 g/mol. The molecule has 12 heteroatoms. The molecule has 2 aliphatic rings. The lowest BCUT2D eigenvalue weighted by Crippen LogP contribution is -2.75. The van der Waals surface area contributed by atoms with Crippen LogP contribution in [0.15, 0.2) is 91.0 Å². The van der Waals surface area contributed by atoms with Crippen LogP contribution in [0.4, 0.5) is 0 Å². The van der Waals surface area contributed by atoms with Crippen molar-refractivity contribution in [1.29, 1.82) is 0 Å². The molecule has 3 atom stereocenters. The van der Waals surface area contributed by atoms with Gasteiger partial charge in [0.05, 0.1) is 35.4 Å². The number of fused-ring (bicyclic) bond motifs is 2. The van der Waals surface area contributed by atoms with E-state index < -0.39 is 24.9 Å². The average molecular weight is 670 g/mol. The van der Waals surface area contributed by atoms with Gasteiger partial charge >= 0.3 is 0 Å². The van der Waals surface area contributed by atoms with E-state index >= 15 is 0 Å². The molecule has 3 heterocycles. The maximum atomic E-state index is 14.4.